The summed E-state index contributed by atoms with van der Waals surface area (Å²) < 4.78 is 18.4. The maximum absolute atomic E-state index is 13.0. The van der Waals surface area contributed by atoms with Crippen LogP contribution >= 0.6 is 0 Å². The Morgan fingerprint density at radius 3 is 2.94 bits per heavy atom. The Hall–Kier alpha value is -1.13. The molecule has 16 heavy (non-hydrogen) atoms. The van der Waals surface area contributed by atoms with Crippen LogP contribution in [0.5, 0.6) is 5.75 Å². The fourth-order valence-electron chi connectivity index (χ4n) is 1.98. The summed E-state index contributed by atoms with van der Waals surface area (Å²) in [5.41, 5.74) is 0.747. The summed E-state index contributed by atoms with van der Waals surface area (Å²) in [5, 5.41) is 12.5. The molecule has 0 aromatic heterocycles. The first-order valence-electron chi connectivity index (χ1n) is 5.48. The van der Waals surface area contributed by atoms with E-state index in [4.69, 9.17) is 4.74 Å². The lowest BCUT2D eigenvalue weighted by molar-refractivity contribution is 0.113. The van der Waals surface area contributed by atoms with Crippen LogP contribution in [0.1, 0.15) is 18.9 Å². The number of nitrogens with one attached hydrogen (secondary N) is 1. The third kappa shape index (κ3) is 2.71. The molecule has 3 nitrogen and oxygen atoms in total. The Labute approximate surface area is 94.2 Å². The Morgan fingerprint density at radius 1 is 1.50 bits per heavy atom. The first-order chi connectivity index (χ1) is 7.65. The van der Waals surface area contributed by atoms with Crippen LogP contribution in [0.25, 0.3) is 0 Å². The summed E-state index contributed by atoms with van der Waals surface area (Å²) in [6, 6.07) is 4.40. The first-order valence-corrected chi connectivity index (χ1v) is 5.48. The summed E-state index contributed by atoms with van der Waals surface area (Å²) >= 11 is 0. The first kappa shape index (κ1) is 11.4. The van der Waals surface area contributed by atoms with E-state index in [1.807, 2.05) is 6.92 Å². The van der Waals surface area contributed by atoms with Crippen LogP contribution < -0.4 is 5.32 Å². The maximum atomic E-state index is 13.0. The van der Waals surface area contributed by atoms with Gasteiger partial charge >= 0.3 is 0 Å². The second-order valence-electron chi connectivity index (χ2n) is 4.17. The number of ether oxygens (including phenoxy) is 1. The van der Waals surface area contributed by atoms with Gasteiger partial charge in [0.05, 0.1) is 6.10 Å². The van der Waals surface area contributed by atoms with Crippen molar-refractivity contribution in [1.82, 2.24) is 5.32 Å². The third-order valence-corrected chi connectivity index (χ3v) is 2.89. The molecule has 4 heteroatoms. The predicted octanol–water partition coefficient (Wildman–Crippen LogP) is 1.80. The van der Waals surface area contributed by atoms with Gasteiger partial charge in [0.15, 0.2) is 0 Å². The minimum absolute atomic E-state index is 0.0347. The molecular formula is C12H16FNO2. The van der Waals surface area contributed by atoms with Crippen LogP contribution in [-0.4, -0.2) is 23.9 Å². The molecule has 1 fully saturated rings. The minimum atomic E-state index is -0.410. The highest BCUT2D eigenvalue weighted by molar-refractivity contribution is 5.28. The van der Waals surface area contributed by atoms with E-state index in [9.17, 15) is 9.50 Å². The molecule has 1 aromatic carbocycles. The normalized spacial score (nSPS) is 24.9. The Balaban J connectivity index is 1.94. The van der Waals surface area contributed by atoms with Gasteiger partial charge in [0.1, 0.15) is 11.6 Å². The van der Waals surface area contributed by atoms with Crippen molar-refractivity contribution in [2.75, 3.05) is 6.61 Å². The summed E-state index contributed by atoms with van der Waals surface area (Å²) in [7, 11) is 0. The second-order valence-corrected chi connectivity index (χ2v) is 4.17. The van der Waals surface area contributed by atoms with E-state index < -0.39 is 5.82 Å². The quantitative estimate of drug-likeness (QED) is 0.824. The molecule has 2 atom stereocenters. The maximum Gasteiger partial charge on any atom is 0.127 e. The molecule has 2 N–H and O–H groups in total. The van der Waals surface area contributed by atoms with Crippen LogP contribution in [0.2, 0.25) is 0 Å². The van der Waals surface area contributed by atoms with Crippen molar-refractivity contribution in [2.24, 2.45) is 0 Å². The van der Waals surface area contributed by atoms with E-state index >= 15 is 0 Å². The van der Waals surface area contributed by atoms with Gasteiger partial charge in [-0.15, -0.1) is 0 Å². The molecule has 1 heterocycles. The number of phenolic OH excluding ortho intramolecular Hbond substituents is 1. The number of benzene rings is 1. The van der Waals surface area contributed by atoms with Gasteiger partial charge in [-0.25, -0.2) is 4.39 Å². The van der Waals surface area contributed by atoms with Gasteiger partial charge in [-0.1, -0.05) is 0 Å². The molecule has 88 valence electrons. The monoisotopic (exact) mass is 225 g/mol. The molecular weight excluding hydrogens is 209 g/mol. The average molecular weight is 225 g/mol. The Kier molecular flexibility index (Phi) is 3.41. The largest absolute Gasteiger partial charge is 0.508 e. The molecule has 0 amide bonds. The molecule has 0 bridgehead atoms. The summed E-state index contributed by atoms with van der Waals surface area (Å²) in [6.07, 6.45) is 1.17. The van der Waals surface area contributed by atoms with Gasteiger partial charge in [0.2, 0.25) is 0 Å². The Bertz CT molecular complexity index is 350. The molecule has 1 aromatic rings. The van der Waals surface area contributed by atoms with Crippen molar-refractivity contribution in [3.05, 3.63) is 29.6 Å². The van der Waals surface area contributed by atoms with E-state index in [1.54, 1.807) is 6.07 Å². The minimum Gasteiger partial charge on any atom is -0.508 e. The lowest BCUT2D eigenvalue weighted by Crippen LogP contribution is -2.34. The molecule has 0 spiro atoms. The molecule has 1 aliphatic rings. The van der Waals surface area contributed by atoms with Gasteiger partial charge in [0.25, 0.3) is 0 Å². The zero-order valence-electron chi connectivity index (χ0n) is 9.24. The summed E-state index contributed by atoms with van der Waals surface area (Å²) in [6.45, 7) is 3.34. The van der Waals surface area contributed by atoms with Crippen LogP contribution in [0.3, 0.4) is 0 Å². The number of phenols is 1. The Morgan fingerprint density at radius 2 is 2.31 bits per heavy atom. The zero-order chi connectivity index (χ0) is 11.5. The van der Waals surface area contributed by atoms with Crippen LogP contribution in [-0.2, 0) is 11.3 Å². The molecule has 0 aliphatic carbocycles. The third-order valence-electron chi connectivity index (χ3n) is 2.89. The van der Waals surface area contributed by atoms with E-state index in [1.165, 1.54) is 6.07 Å². The summed E-state index contributed by atoms with van der Waals surface area (Å²) in [5.74, 6) is -0.444. The highest BCUT2D eigenvalue weighted by atomic mass is 19.1. The fraction of sp³-hybridized carbons (Fsp3) is 0.500. The van der Waals surface area contributed by atoms with Crippen LogP contribution in [0.15, 0.2) is 18.2 Å². The van der Waals surface area contributed by atoms with E-state index in [0.29, 0.717) is 12.6 Å². The number of hydrogen-bond donors (Lipinski definition) is 2. The lowest BCUT2D eigenvalue weighted by atomic mass is 10.1. The van der Waals surface area contributed by atoms with E-state index in [2.05, 4.69) is 5.32 Å². The highest BCUT2D eigenvalue weighted by Crippen LogP contribution is 2.16. The zero-order valence-corrected chi connectivity index (χ0v) is 9.24. The highest BCUT2D eigenvalue weighted by Gasteiger charge is 2.23. The van der Waals surface area contributed by atoms with Gasteiger partial charge in [-0.3, -0.25) is 0 Å². The van der Waals surface area contributed by atoms with Gasteiger partial charge < -0.3 is 15.2 Å². The molecule has 0 saturated carbocycles. The van der Waals surface area contributed by atoms with Gasteiger partial charge in [-0.05, 0) is 31.0 Å². The van der Waals surface area contributed by atoms with Gasteiger partial charge in [-0.2, -0.15) is 0 Å². The molecule has 2 unspecified atom stereocenters. The second kappa shape index (κ2) is 4.80. The smallest absolute Gasteiger partial charge is 0.127 e. The number of hydrogen-bond acceptors (Lipinski definition) is 3. The van der Waals surface area contributed by atoms with Crippen molar-refractivity contribution >= 4 is 0 Å². The number of rotatable bonds is 3. The topological polar surface area (TPSA) is 41.5 Å². The average Bonchev–Trinajstić information content (AvgIpc) is 2.59. The number of halogens is 1. The lowest BCUT2D eigenvalue weighted by Gasteiger charge is -2.16. The van der Waals surface area contributed by atoms with E-state index in [0.717, 1.165) is 24.7 Å². The molecule has 2 rings (SSSR count). The standard InChI is InChI=1S/C12H16FNO2/c1-8-12(2-3-16-8)14-7-9-4-10(13)6-11(15)5-9/h4-6,8,12,14-15H,2-3,7H2,1H3. The van der Waals surface area contributed by atoms with Crippen molar-refractivity contribution in [3.63, 3.8) is 0 Å². The van der Waals surface area contributed by atoms with Crippen molar-refractivity contribution in [3.8, 4) is 5.75 Å². The number of aromatic hydroxyl groups is 1. The molecule has 0 radical (unpaired) electrons. The predicted molar refractivity (Wildman–Crippen MR) is 58.7 cm³/mol. The fourth-order valence-corrected chi connectivity index (χ4v) is 1.98. The SMILES string of the molecule is CC1OCCC1NCc1cc(O)cc(F)c1. The van der Waals surface area contributed by atoms with Crippen molar-refractivity contribution in [1.29, 1.82) is 0 Å². The van der Waals surface area contributed by atoms with Crippen molar-refractivity contribution in [2.45, 2.75) is 32.0 Å². The van der Waals surface area contributed by atoms with Crippen LogP contribution in [0.4, 0.5) is 4.39 Å². The van der Waals surface area contributed by atoms with Gasteiger partial charge in [0, 0.05) is 25.3 Å². The van der Waals surface area contributed by atoms with E-state index in [-0.39, 0.29) is 11.9 Å². The molecule has 1 aliphatic heterocycles. The van der Waals surface area contributed by atoms with Crippen molar-refractivity contribution < 1.29 is 14.2 Å². The summed E-state index contributed by atoms with van der Waals surface area (Å²) in [4.78, 5) is 0. The molecule has 1 saturated heterocycles. The van der Waals surface area contributed by atoms with Crippen LogP contribution in [0, 0.1) is 5.82 Å².